The summed E-state index contributed by atoms with van der Waals surface area (Å²) in [7, 11) is 0. The first-order chi connectivity index (χ1) is 16.2. The van der Waals surface area contributed by atoms with Gasteiger partial charge in [0, 0.05) is 5.69 Å². The lowest BCUT2D eigenvalue weighted by Crippen LogP contribution is -2.32. The zero-order valence-electron chi connectivity index (χ0n) is 18.6. The molecule has 0 atom stereocenters. The number of halogens is 2. The monoisotopic (exact) mass is 478 g/mol. The van der Waals surface area contributed by atoms with Crippen molar-refractivity contribution in [1.82, 2.24) is 0 Å². The van der Waals surface area contributed by atoms with Gasteiger partial charge in [-0.2, -0.15) is 0 Å². The third-order valence-corrected chi connectivity index (χ3v) is 5.92. The van der Waals surface area contributed by atoms with Crippen LogP contribution in [0.2, 0.25) is 0 Å². The fraction of sp³-hybridized carbons (Fsp3) is 0.115. The Labute approximate surface area is 200 Å². The fourth-order valence-electron chi connectivity index (χ4n) is 3.50. The Morgan fingerprint density at radius 2 is 1.50 bits per heavy atom. The standard InChI is InChI=1S/C26H20ClFN2O4/c1-14-4-5-15(2)23(16(14)3)34-26(33)17-6-10-19(11-7-17)29-22-21(27)24(31)30(25(22)32)20-12-8-18(28)9-13-20/h4-13,29H,1-3H3. The van der Waals surface area contributed by atoms with Gasteiger partial charge in [0.1, 0.15) is 22.3 Å². The van der Waals surface area contributed by atoms with Crippen LogP contribution in [0.4, 0.5) is 15.8 Å². The number of benzene rings is 3. The van der Waals surface area contributed by atoms with Crippen LogP contribution < -0.4 is 15.0 Å². The molecule has 3 aromatic rings. The lowest BCUT2D eigenvalue weighted by atomic mass is 10.1. The minimum absolute atomic E-state index is 0.114. The molecule has 0 bridgehead atoms. The summed E-state index contributed by atoms with van der Waals surface area (Å²) in [6.45, 7) is 5.71. The van der Waals surface area contributed by atoms with Crippen molar-refractivity contribution in [2.75, 3.05) is 10.2 Å². The molecule has 0 fully saturated rings. The first kappa shape index (κ1) is 23.2. The molecule has 1 aliphatic rings. The number of nitrogens with one attached hydrogen (secondary N) is 1. The van der Waals surface area contributed by atoms with Gasteiger partial charge in [-0.15, -0.1) is 0 Å². The maximum Gasteiger partial charge on any atom is 0.343 e. The number of imide groups is 1. The van der Waals surface area contributed by atoms with Crippen molar-refractivity contribution < 1.29 is 23.5 Å². The molecule has 0 radical (unpaired) electrons. The Kier molecular flexibility index (Phi) is 6.22. The Bertz CT molecular complexity index is 1350. The van der Waals surface area contributed by atoms with E-state index < -0.39 is 23.6 Å². The molecule has 0 saturated heterocycles. The topological polar surface area (TPSA) is 75.7 Å². The van der Waals surface area contributed by atoms with E-state index in [1.165, 1.54) is 12.1 Å². The molecule has 3 aromatic carbocycles. The van der Waals surface area contributed by atoms with E-state index in [1.807, 2.05) is 32.9 Å². The van der Waals surface area contributed by atoms with Crippen molar-refractivity contribution in [3.63, 3.8) is 0 Å². The molecule has 172 valence electrons. The highest BCUT2D eigenvalue weighted by Gasteiger charge is 2.39. The summed E-state index contributed by atoms with van der Waals surface area (Å²) in [6, 6.07) is 15.0. The summed E-state index contributed by atoms with van der Waals surface area (Å²) in [5.74, 6) is -1.87. The molecule has 0 unspecified atom stereocenters. The molecule has 0 saturated carbocycles. The predicted octanol–water partition coefficient (Wildman–Crippen LogP) is 5.41. The van der Waals surface area contributed by atoms with E-state index >= 15 is 0 Å². The van der Waals surface area contributed by atoms with Crippen LogP contribution in [0, 0.1) is 26.6 Å². The van der Waals surface area contributed by atoms with Crippen molar-refractivity contribution in [1.29, 1.82) is 0 Å². The van der Waals surface area contributed by atoms with E-state index in [-0.39, 0.29) is 16.4 Å². The van der Waals surface area contributed by atoms with Crippen molar-refractivity contribution in [3.05, 3.63) is 99.5 Å². The van der Waals surface area contributed by atoms with Crippen molar-refractivity contribution in [3.8, 4) is 5.75 Å². The lowest BCUT2D eigenvalue weighted by Gasteiger charge is -2.15. The van der Waals surface area contributed by atoms with Crippen LogP contribution in [0.1, 0.15) is 27.0 Å². The number of esters is 1. The Hall–Kier alpha value is -3.97. The van der Waals surface area contributed by atoms with E-state index in [9.17, 15) is 18.8 Å². The van der Waals surface area contributed by atoms with Gasteiger partial charge in [-0.1, -0.05) is 23.7 Å². The number of aryl methyl sites for hydroxylation is 2. The number of hydrogen-bond acceptors (Lipinski definition) is 5. The molecule has 6 nitrogen and oxygen atoms in total. The van der Waals surface area contributed by atoms with Gasteiger partial charge in [-0.05, 0) is 86.0 Å². The maximum absolute atomic E-state index is 13.2. The predicted molar refractivity (Wildman–Crippen MR) is 127 cm³/mol. The van der Waals surface area contributed by atoms with E-state index in [0.717, 1.165) is 33.7 Å². The van der Waals surface area contributed by atoms with E-state index in [2.05, 4.69) is 5.32 Å². The van der Waals surface area contributed by atoms with E-state index in [4.69, 9.17) is 16.3 Å². The number of rotatable bonds is 5. The average Bonchev–Trinajstić information content (AvgIpc) is 3.03. The highest BCUT2D eigenvalue weighted by molar-refractivity contribution is 6.53. The molecule has 1 aliphatic heterocycles. The highest BCUT2D eigenvalue weighted by Crippen LogP contribution is 2.31. The van der Waals surface area contributed by atoms with Gasteiger partial charge in [0.15, 0.2) is 0 Å². The third kappa shape index (κ3) is 4.30. The van der Waals surface area contributed by atoms with Crippen molar-refractivity contribution in [2.24, 2.45) is 0 Å². The molecular formula is C26H20ClFN2O4. The lowest BCUT2D eigenvalue weighted by molar-refractivity contribution is -0.120. The van der Waals surface area contributed by atoms with Gasteiger partial charge in [-0.25, -0.2) is 14.1 Å². The average molecular weight is 479 g/mol. The van der Waals surface area contributed by atoms with Gasteiger partial charge in [0.25, 0.3) is 11.8 Å². The molecule has 1 heterocycles. The van der Waals surface area contributed by atoms with Crippen LogP contribution in [0.15, 0.2) is 71.4 Å². The number of carbonyl (C=O) groups excluding carboxylic acids is 3. The number of hydrogen-bond donors (Lipinski definition) is 1. The molecular weight excluding hydrogens is 459 g/mol. The molecule has 0 spiro atoms. The number of anilines is 2. The molecule has 34 heavy (non-hydrogen) atoms. The van der Waals surface area contributed by atoms with E-state index in [1.54, 1.807) is 24.3 Å². The van der Waals surface area contributed by atoms with Crippen LogP contribution in [0.5, 0.6) is 5.75 Å². The second-order valence-corrected chi connectivity index (χ2v) is 8.23. The summed E-state index contributed by atoms with van der Waals surface area (Å²) in [5.41, 5.74) is 3.60. The van der Waals surface area contributed by atoms with Gasteiger partial charge >= 0.3 is 5.97 Å². The zero-order valence-corrected chi connectivity index (χ0v) is 19.4. The molecule has 2 amide bonds. The molecule has 0 aromatic heterocycles. The van der Waals surface area contributed by atoms with Crippen molar-refractivity contribution >= 4 is 40.8 Å². The first-order valence-corrected chi connectivity index (χ1v) is 10.8. The van der Waals surface area contributed by atoms with Crippen LogP contribution in [0.25, 0.3) is 0 Å². The highest BCUT2D eigenvalue weighted by atomic mass is 35.5. The number of carbonyl (C=O) groups is 3. The second-order valence-electron chi connectivity index (χ2n) is 7.86. The zero-order chi connectivity index (χ0) is 24.6. The minimum atomic E-state index is -0.718. The van der Waals surface area contributed by atoms with E-state index in [0.29, 0.717) is 17.0 Å². The van der Waals surface area contributed by atoms with Crippen LogP contribution in [-0.2, 0) is 9.59 Å². The summed E-state index contributed by atoms with van der Waals surface area (Å²) in [5, 5.41) is 2.54. The van der Waals surface area contributed by atoms with Crippen LogP contribution in [0.3, 0.4) is 0 Å². The van der Waals surface area contributed by atoms with Gasteiger partial charge in [0.2, 0.25) is 0 Å². The Morgan fingerprint density at radius 1 is 0.882 bits per heavy atom. The molecule has 1 N–H and O–H groups in total. The number of nitrogens with zero attached hydrogens (tertiary/aromatic N) is 1. The summed E-state index contributed by atoms with van der Waals surface area (Å²) >= 11 is 6.12. The SMILES string of the molecule is Cc1ccc(C)c(OC(=O)c2ccc(NC3=C(Cl)C(=O)N(c4ccc(F)cc4)C3=O)cc2)c1C. The number of amides is 2. The van der Waals surface area contributed by atoms with Gasteiger partial charge in [-0.3, -0.25) is 9.59 Å². The molecule has 8 heteroatoms. The van der Waals surface area contributed by atoms with Gasteiger partial charge in [0.05, 0.1) is 11.3 Å². The van der Waals surface area contributed by atoms with Crippen molar-refractivity contribution in [2.45, 2.75) is 20.8 Å². The summed E-state index contributed by atoms with van der Waals surface area (Å²) in [4.78, 5) is 38.9. The normalized spacial score (nSPS) is 13.5. The van der Waals surface area contributed by atoms with Crippen LogP contribution >= 0.6 is 11.6 Å². The maximum atomic E-state index is 13.2. The molecule has 4 rings (SSSR count). The summed E-state index contributed by atoms with van der Waals surface area (Å²) in [6.07, 6.45) is 0. The Morgan fingerprint density at radius 3 is 2.15 bits per heavy atom. The second kappa shape index (κ2) is 9.11. The summed E-state index contributed by atoms with van der Waals surface area (Å²) < 4.78 is 18.8. The van der Waals surface area contributed by atoms with Crippen LogP contribution in [-0.4, -0.2) is 17.8 Å². The number of ether oxygens (including phenoxy) is 1. The first-order valence-electron chi connectivity index (χ1n) is 10.4. The molecule has 0 aliphatic carbocycles. The third-order valence-electron chi connectivity index (χ3n) is 5.57. The largest absolute Gasteiger partial charge is 0.422 e. The Balaban J connectivity index is 1.50. The minimum Gasteiger partial charge on any atom is -0.422 e. The smallest absolute Gasteiger partial charge is 0.343 e. The fourth-order valence-corrected chi connectivity index (χ4v) is 3.72. The quantitative estimate of drug-likeness (QED) is 0.301. The van der Waals surface area contributed by atoms with Gasteiger partial charge < -0.3 is 10.1 Å².